The van der Waals surface area contributed by atoms with Gasteiger partial charge in [-0.05, 0) is 26.0 Å². The molecule has 27 heavy (non-hydrogen) atoms. The van der Waals surface area contributed by atoms with Crippen molar-refractivity contribution >= 4 is 23.6 Å². The van der Waals surface area contributed by atoms with Gasteiger partial charge in [0, 0.05) is 11.8 Å². The number of aromatic nitrogens is 1. The Balaban J connectivity index is 2.24. The zero-order valence-corrected chi connectivity index (χ0v) is 15.0. The minimum atomic E-state index is -2.17. The number of fused-ring (bicyclic) bond motifs is 1. The molecule has 0 saturated carbocycles. The van der Waals surface area contributed by atoms with Crippen molar-refractivity contribution in [1.29, 1.82) is 0 Å². The fourth-order valence-corrected chi connectivity index (χ4v) is 3.46. The van der Waals surface area contributed by atoms with Gasteiger partial charge in [0.15, 0.2) is 5.78 Å². The van der Waals surface area contributed by atoms with Crippen LogP contribution in [-0.2, 0) is 24.5 Å². The van der Waals surface area contributed by atoms with Crippen LogP contribution in [0.3, 0.4) is 0 Å². The maximum Gasteiger partial charge on any atom is 0.330 e. The minimum Gasteiger partial charge on any atom is -0.465 e. The van der Waals surface area contributed by atoms with Crippen molar-refractivity contribution in [2.45, 2.75) is 19.3 Å². The standard InChI is InChI=1S/C20H19NO6/c1-3-26-18(24)20(19(25)27-4-2)14-11-8-12-21(14)17(23)15(20)16(22)13-9-6-5-7-10-13/h5-12,15H,3-4H2,1-2H3. The van der Waals surface area contributed by atoms with E-state index in [9.17, 15) is 19.2 Å². The molecule has 1 aromatic heterocycles. The predicted octanol–water partition coefficient (Wildman–Crippen LogP) is 2.00. The highest BCUT2D eigenvalue weighted by molar-refractivity contribution is 6.24. The molecule has 0 spiro atoms. The van der Waals surface area contributed by atoms with E-state index in [1.165, 1.54) is 30.5 Å². The van der Waals surface area contributed by atoms with Crippen LogP contribution in [0.15, 0.2) is 48.7 Å². The van der Waals surface area contributed by atoms with Gasteiger partial charge in [0.05, 0.1) is 18.9 Å². The molecule has 0 amide bonds. The van der Waals surface area contributed by atoms with Crippen molar-refractivity contribution in [2.24, 2.45) is 5.92 Å². The van der Waals surface area contributed by atoms with Crippen LogP contribution in [0.4, 0.5) is 0 Å². The molecule has 0 aliphatic carbocycles. The molecule has 0 N–H and O–H groups in total. The smallest absolute Gasteiger partial charge is 0.330 e. The zero-order chi connectivity index (χ0) is 19.6. The number of hydrogen-bond donors (Lipinski definition) is 0. The van der Waals surface area contributed by atoms with E-state index in [1.807, 2.05) is 0 Å². The third kappa shape index (κ3) is 2.66. The van der Waals surface area contributed by atoms with Gasteiger partial charge in [-0.2, -0.15) is 0 Å². The van der Waals surface area contributed by atoms with Gasteiger partial charge in [0.2, 0.25) is 11.3 Å². The van der Waals surface area contributed by atoms with Gasteiger partial charge < -0.3 is 9.47 Å². The summed E-state index contributed by atoms with van der Waals surface area (Å²) < 4.78 is 11.4. The Hall–Kier alpha value is -3.22. The van der Waals surface area contributed by atoms with E-state index in [0.717, 1.165) is 4.57 Å². The van der Waals surface area contributed by atoms with Crippen LogP contribution in [0.2, 0.25) is 0 Å². The summed E-state index contributed by atoms with van der Waals surface area (Å²) in [6, 6.07) is 11.1. The molecule has 1 unspecified atom stereocenters. The normalized spacial score (nSPS) is 17.3. The van der Waals surface area contributed by atoms with Gasteiger partial charge in [-0.1, -0.05) is 30.3 Å². The Morgan fingerprint density at radius 2 is 1.56 bits per heavy atom. The summed E-state index contributed by atoms with van der Waals surface area (Å²) in [7, 11) is 0. The fourth-order valence-electron chi connectivity index (χ4n) is 3.46. The van der Waals surface area contributed by atoms with Crippen LogP contribution in [0, 0.1) is 5.92 Å². The van der Waals surface area contributed by atoms with Crippen molar-refractivity contribution < 1.29 is 28.7 Å². The van der Waals surface area contributed by atoms with E-state index < -0.39 is 35.0 Å². The summed E-state index contributed by atoms with van der Waals surface area (Å²) in [5.41, 5.74) is -1.86. The highest BCUT2D eigenvalue weighted by Crippen LogP contribution is 2.44. The van der Waals surface area contributed by atoms with Gasteiger partial charge in [-0.25, -0.2) is 0 Å². The third-order valence-electron chi connectivity index (χ3n) is 4.59. The van der Waals surface area contributed by atoms with Crippen molar-refractivity contribution in [2.75, 3.05) is 13.2 Å². The van der Waals surface area contributed by atoms with Crippen LogP contribution in [0.1, 0.15) is 34.7 Å². The molecule has 1 atom stereocenters. The Morgan fingerprint density at radius 3 is 2.11 bits per heavy atom. The number of Topliss-reactive ketones (excluding diaryl/α,β-unsaturated/α-hetero) is 1. The molecule has 0 fully saturated rings. The fraction of sp³-hybridized carbons (Fsp3) is 0.300. The lowest BCUT2D eigenvalue weighted by Crippen LogP contribution is -2.53. The third-order valence-corrected chi connectivity index (χ3v) is 4.59. The number of carbonyl (C=O) groups is 4. The SMILES string of the molecule is CCOC(=O)C1(C(=O)OCC)c2cccn2C(=O)C1C(=O)c1ccccc1. The van der Waals surface area contributed by atoms with Crippen LogP contribution >= 0.6 is 0 Å². The van der Waals surface area contributed by atoms with Crippen LogP contribution < -0.4 is 0 Å². The van der Waals surface area contributed by atoms with Gasteiger partial charge in [-0.15, -0.1) is 0 Å². The second-order valence-corrected chi connectivity index (χ2v) is 6.01. The number of rotatable bonds is 6. The molecule has 0 saturated heterocycles. The molecular weight excluding hydrogens is 350 g/mol. The second kappa shape index (κ2) is 7.19. The predicted molar refractivity (Wildman–Crippen MR) is 94.3 cm³/mol. The lowest BCUT2D eigenvalue weighted by molar-refractivity contribution is -0.166. The summed E-state index contributed by atoms with van der Waals surface area (Å²) in [6.45, 7) is 3.14. The van der Waals surface area contributed by atoms with Gasteiger partial charge >= 0.3 is 11.9 Å². The number of ether oxygens (including phenoxy) is 2. The van der Waals surface area contributed by atoms with E-state index in [-0.39, 0.29) is 24.5 Å². The maximum absolute atomic E-state index is 13.2. The molecule has 7 heteroatoms. The highest BCUT2D eigenvalue weighted by Gasteiger charge is 2.67. The number of nitrogens with zero attached hydrogens (tertiary/aromatic N) is 1. The summed E-state index contributed by atoms with van der Waals surface area (Å²) in [6.07, 6.45) is 1.42. The van der Waals surface area contributed by atoms with Crippen molar-refractivity contribution in [3.05, 3.63) is 59.9 Å². The van der Waals surface area contributed by atoms with Gasteiger partial charge in [0.1, 0.15) is 5.92 Å². The first kappa shape index (κ1) is 18.6. The number of esters is 2. The Bertz CT molecular complexity index is 880. The van der Waals surface area contributed by atoms with Gasteiger partial charge in [0.25, 0.3) is 0 Å². The summed E-state index contributed by atoms with van der Waals surface area (Å²) in [5.74, 6) is -4.82. The monoisotopic (exact) mass is 369 g/mol. The molecule has 1 aliphatic heterocycles. The number of benzene rings is 1. The number of ketones is 1. The van der Waals surface area contributed by atoms with E-state index in [4.69, 9.17) is 9.47 Å². The zero-order valence-electron chi connectivity index (χ0n) is 15.0. The first-order chi connectivity index (χ1) is 13.0. The molecule has 0 radical (unpaired) electrons. The molecule has 0 bridgehead atoms. The van der Waals surface area contributed by atoms with E-state index >= 15 is 0 Å². The topological polar surface area (TPSA) is 91.7 Å². The van der Waals surface area contributed by atoms with E-state index in [2.05, 4.69) is 0 Å². The highest BCUT2D eigenvalue weighted by atomic mass is 16.6. The average molecular weight is 369 g/mol. The van der Waals surface area contributed by atoms with Crippen LogP contribution in [0.25, 0.3) is 0 Å². The van der Waals surface area contributed by atoms with Crippen molar-refractivity contribution in [1.82, 2.24) is 4.57 Å². The van der Waals surface area contributed by atoms with Gasteiger partial charge in [-0.3, -0.25) is 23.7 Å². The Labute approximate surface area is 155 Å². The number of carbonyl (C=O) groups excluding carboxylic acids is 4. The molecule has 2 aromatic rings. The van der Waals surface area contributed by atoms with Crippen molar-refractivity contribution in [3.8, 4) is 0 Å². The maximum atomic E-state index is 13.2. The Kier molecular flexibility index (Phi) is 4.94. The summed E-state index contributed by atoms with van der Waals surface area (Å²) >= 11 is 0. The first-order valence-corrected chi connectivity index (χ1v) is 8.65. The molecule has 1 aromatic carbocycles. The average Bonchev–Trinajstić information content (AvgIpc) is 3.24. The Morgan fingerprint density at radius 1 is 0.963 bits per heavy atom. The van der Waals surface area contributed by atoms with Crippen LogP contribution in [0.5, 0.6) is 0 Å². The molecular formula is C20H19NO6. The van der Waals surface area contributed by atoms with E-state index in [1.54, 1.807) is 32.0 Å². The quantitative estimate of drug-likeness (QED) is 0.439. The lowest BCUT2D eigenvalue weighted by Gasteiger charge is -2.28. The van der Waals surface area contributed by atoms with E-state index in [0.29, 0.717) is 0 Å². The lowest BCUT2D eigenvalue weighted by atomic mass is 9.71. The summed E-state index contributed by atoms with van der Waals surface area (Å²) in [5, 5.41) is 0. The first-order valence-electron chi connectivity index (χ1n) is 8.65. The van der Waals surface area contributed by atoms with Crippen LogP contribution in [-0.4, -0.2) is 41.4 Å². The second-order valence-electron chi connectivity index (χ2n) is 6.01. The summed E-state index contributed by atoms with van der Waals surface area (Å²) in [4.78, 5) is 52.2. The molecule has 7 nitrogen and oxygen atoms in total. The molecule has 1 aliphatic rings. The number of hydrogen-bond acceptors (Lipinski definition) is 6. The largest absolute Gasteiger partial charge is 0.465 e. The minimum absolute atomic E-state index is 0.0128. The molecule has 3 rings (SSSR count). The van der Waals surface area contributed by atoms with Crippen molar-refractivity contribution in [3.63, 3.8) is 0 Å². The molecule has 140 valence electrons. The molecule has 2 heterocycles.